The fraction of sp³-hybridized carbons (Fsp3) is 0.375. The molecule has 0 amide bonds. The van der Waals surface area contributed by atoms with Gasteiger partial charge in [0.05, 0.1) is 18.2 Å². The number of benzene rings is 2. The van der Waals surface area contributed by atoms with Gasteiger partial charge in [-0.05, 0) is 56.1 Å². The molecule has 0 radical (unpaired) electrons. The van der Waals surface area contributed by atoms with E-state index >= 15 is 0 Å². The number of hydrogen-bond acceptors (Lipinski definition) is 4. The highest BCUT2D eigenvalue weighted by atomic mass is 16.2. The van der Waals surface area contributed by atoms with Crippen LogP contribution in [0.25, 0.3) is 0 Å². The molecule has 0 saturated carbocycles. The van der Waals surface area contributed by atoms with Crippen LogP contribution in [0.5, 0.6) is 0 Å². The molecule has 0 unspecified atom stereocenters. The van der Waals surface area contributed by atoms with Crippen LogP contribution in [0.4, 0.5) is 0 Å². The number of piperidine rings is 1. The summed E-state index contributed by atoms with van der Waals surface area (Å²) in [4.78, 5) is 15.3. The van der Waals surface area contributed by atoms with Crippen LogP contribution in [0, 0.1) is 11.3 Å². The third kappa shape index (κ3) is 4.37. The molecule has 1 aliphatic heterocycles. The summed E-state index contributed by atoms with van der Waals surface area (Å²) in [6.45, 7) is 6.02. The second-order valence-electron chi connectivity index (χ2n) is 7.89. The van der Waals surface area contributed by atoms with E-state index in [0.717, 1.165) is 43.9 Å². The van der Waals surface area contributed by atoms with Crippen LogP contribution in [-0.4, -0.2) is 32.3 Å². The zero-order valence-electron chi connectivity index (χ0n) is 17.4. The summed E-state index contributed by atoms with van der Waals surface area (Å²) in [6.07, 6.45) is 2.00. The summed E-state index contributed by atoms with van der Waals surface area (Å²) in [6, 6.07) is 20.0. The maximum atomic E-state index is 12.9. The lowest BCUT2D eigenvalue weighted by Gasteiger charge is -2.31. The van der Waals surface area contributed by atoms with Gasteiger partial charge in [0.25, 0.3) is 0 Å². The molecular weight excluding hydrogens is 374 g/mol. The Labute approximate surface area is 177 Å². The van der Waals surface area contributed by atoms with Gasteiger partial charge in [-0.1, -0.05) is 42.5 Å². The smallest absolute Gasteiger partial charge is 0.299 e. The van der Waals surface area contributed by atoms with E-state index in [2.05, 4.69) is 11.0 Å². The van der Waals surface area contributed by atoms with Crippen molar-refractivity contribution in [3.63, 3.8) is 0 Å². The Hall–Kier alpha value is -3.17. The number of likely N-dealkylation sites (tertiary alicyclic amines) is 1. The number of aromatic nitrogens is 3. The molecule has 3 aromatic rings. The lowest BCUT2D eigenvalue weighted by Crippen LogP contribution is -2.33. The zero-order valence-corrected chi connectivity index (χ0v) is 17.4. The van der Waals surface area contributed by atoms with Gasteiger partial charge in [0.1, 0.15) is 5.82 Å². The monoisotopic (exact) mass is 401 g/mol. The fourth-order valence-electron chi connectivity index (χ4n) is 4.21. The van der Waals surface area contributed by atoms with E-state index in [1.165, 1.54) is 5.56 Å². The van der Waals surface area contributed by atoms with Gasteiger partial charge in [-0.15, -0.1) is 0 Å². The molecule has 1 fully saturated rings. The molecule has 1 saturated heterocycles. The predicted octanol–water partition coefficient (Wildman–Crippen LogP) is 3.36. The van der Waals surface area contributed by atoms with Crippen molar-refractivity contribution in [1.29, 1.82) is 5.26 Å². The van der Waals surface area contributed by atoms with Crippen molar-refractivity contribution in [2.24, 2.45) is 0 Å². The van der Waals surface area contributed by atoms with E-state index in [1.54, 1.807) is 4.68 Å². The van der Waals surface area contributed by atoms with E-state index < -0.39 is 0 Å². The molecule has 2 heterocycles. The Kier molecular flexibility index (Phi) is 6.10. The largest absolute Gasteiger partial charge is 0.346 e. The Balaban J connectivity index is 1.43. The third-order valence-electron chi connectivity index (χ3n) is 5.88. The first kappa shape index (κ1) is 20.1. The average Bonchev–Trinajstić information content (AvgIpc) is 3.10. The minimum absolute atomic E-state index is 0.0173. The van der Waals surface area contributed by atoms with E-state index in [9.17, 15) is 4.79 Å². The van der Waals surface area contributed by atoms with Gasteiger partial charge in [0.15, 0.2) is 0 Å². The second kappa shape index (κ2) is 9.10. The van der Waals surface area contributed by atoms with E-state index in [-0.39, 0.29) is 5.69 Å². The highest BCUT2D eigenvalue weighted by molar-refractivity contribution is 5.31. The van der Waals surface area contributed by atoms with Gasteiger partial charge in [-0.25, -0.2) is 9.48 Å². The summed E-state index contributed by atoms with van der Waals surface area (Å²) in [7, 11) is 0. The molecule has 6 heteroatoms. The predicted molar refractivity (Wildman–Crippen MR) is 116 cm³/mol. The van der Waals surface area contributed by atoms with Crippen LogP contribution >= 0.6 is 0 Å². The molecule has 4 rings (SSSR count). The Bertz CT molecular complexity index is 1070. The summed E-state index contributed by atoms with van der Waals surface area (Å²) in [5, 5.41) is 13.7. The van der Waals surface area contributed by atoms with Crippen molar-refractivity contribution >= 4 is 0 Å². The first-order chi connectivity index (χ1) is 14.7. The molecule has 1 aliphatic rings. The van der Waals surface area contributed by atoms with E-state index in [0.29, 0.717) is 24.6 Å². The van der Waals surface area contributed by atoms with Gasteiger partial charge < -0.3 is 0 Å². The average molecular weight is 402 g/mol. The van der Waals surface area contributed by atoms with E-state index in [4.69, 9.17) is 10.4 Å². The summed E-state index contributed by atoms with van der Waals surface area (Å²) < 4.78 is 3.45. The van der Waals surface area contributed by atoms with Crippen LogP contribution in [0.3, 0.4) is 0 Å². The molecule has 2 aromatic carbocycles. The van der Waals surface area contributed by atoms with Crippen molar-refractivity contribution in [2.75, 3.05) is 13.1 Å². The van der Waals surface area contributed by atoms with Crippen molar-refractivity contribution in [3.8, 4) is 6.07 Å². The summed E-state index contributed by atoms with van der Waals surface area (Å²) in [5.41, 5.74) is 2.99. The Morgan fingerprint density at radius 3 is 2.30 bits per heavy atom. The minimum Gasteiger partial charge on any atom is -0.299 e. The van der Waals surface area contributed by atoms with Crippen LogP contribution in [0.15, 0.2) is 59.4 Å². The lowest BCUT2D eigenvalue weighted by molar-refractivity contribution is 0.200. The molecule has 0 N–H and O–H groups in total. The first-order valence-corrected chi connectivity index (χ1v) is 10.6. The molecule has 154 valence electrons. The van der Waals surface area contributed by atoms with Crippen LogP contribution in [0.2, 0.25) is 0 Å². The second-order valence-corrected chi connectivity index (χ2v) is 7.89. The van der Waals surface area contributed by atoms with Gasteiger partial charge in [-0.2, -0.15) is 10.4 Å². The highest BCUT2D eigenvalue weighted by Gasteiger charge is 2.26. The van der Waals surface area contributed by atoms with E-state index in [1.807, 2.05) is 66.1 Å². The molecule has 6 nitrogen and oxygen atoms in total. The molecule has 0 spiro atoms. The highest BCUT2D eigenvalue weighted by Crippen LogP contribution is 2.27. The number of nitriles is 1. The number of rotatable bonds is 6. The lowest BCUT2D eigenvalue weighted by atomic mass is 9.95. The van der Waals surface area contributed by atoms with Crippen molar-refractivity contribution in [2.45, 2.75) is 45.3 Å². The molecule has 30 heavy (non-hydrogen) atoms. The van der Waals surface area contributed by atoms with Gasteiger partial charge in [0, 0.05) is 19.0 Å². The Morgan fingerprint density at radius 1 is 1.00 bits per heavy atom. The van der Waals surface area contributed by atoms with Crippen LogP contribution < -0.4 is 5.69 Å². The van der Waals surface area contributed by atoms with Gasteiger partial charge >= 0.3 is 5.69 Å². The number of hydrogen-bond donors (Lipinski definition) is 0. The topological polar surface area (TPSA) is 66.8 Å². The molecule has 0 atom stereocenters. The molecule has 0 bridgehead atoms. The standard InChI is InChI=1S/C24H27N5O/c1-2-28-23(26-29(24(28)30)18-20-6-4-3-5-7-20)22-12-14-27(15-13-22)17-21-10-8-19(16-25)9-11-21/h3-11,22H,2,12-15,17-18H2,1H3. The minimum atomic E-state index is -0.0173. The van der Waals surface area contributed by atoms with Crippen LogP contribution in [0.1, 0.15) is 48.2 Å². The molecular formula is C24H27N5O. The van der Waals surface area contributed by atoms with Crippen LogP contribution in [-0.2, 0) is 19.6 Å². The van der Waals surface area contributed by atoms with Gasteiger partial charge in [-0.3, -0.25) is 9.47 Å². The SMILES string of the molecule is CCn1c(C2CCN(Cc3ccc(C#N)cc3)CC2)nn(Cc2ccccc2)c1=O. The first-order valence-electron chi connectivity index (χ1n) is 10.6. The quantitative estimate of drug-likeness (QED) is 0.635. The zero-order chi connectivity index (χ0) is 20.9. The van der Waals surface area contributed by atoms with Crippen molar-refractivity contribution in [3.05, 3.63) is 87.6 Å². The fourth-order valence-corrected chi connectivity index (χ4v) is 4.21. The maximum absolute atomic E-state index is 12.9. The maximum Gasteiger partial charge on any atom is 0.346 e. The van der Waals surface area contributed by atoms with Crippen molar-refractivity contribution < 1.29 is 0 Å². The van der Waals surface area contributed by atoms with Gasteiger partial charge in [0.2, 0.25) is 0 Å². The Morgan fingerprint density at radius 2 is 1.67 bits per heavy atom. The van der Waals surface area contributed by atoms with Crippen molar-refractivity contribution in [1.82, 2.24) is 19.2 Å². The third-order valence-corrected chi connectivity index (χ3v) is 5.88. The summed E-state index contributed by atoms with van der Waals surface area (Å²) >= 11 is 0. The molecule has 0 aliphatic carbocycles. The molecule has 1 aromatic heterocycles. The summed E-state index contributed by atoms with van der Waals surface area (Å²) in [5.74, 6) is 1.24. The number of nitrogens with zero attached hydrogens (tertiary/aromatic N) is 5. The normalized spacial score (nSPS) is 15.2.